The van der Waals surface area contributed by atoms with Crippen LogP contribution in [0.5, 0.6) is 5.75 Å². The minimum atomic E-state index is -1.02. The van der Waals surface area contributed by atoms with E-state index in [1.165, 1.54) is 14.0 Å². The zero-order valence-electron chi connectivity index (χ0n) is 17.2. The standard InChI is InChI=1S/C22H30O7/c1-4-15(24)21(26)20-17(28-12(2)23)11-16-19(20)14-9-5-7-13(22(14)29-16)8-6-10-18(25)27-3/h5,7,9,15-17,19-21,24,26H,4,6,8,10-11H2,1-3H3. The van der Waals surface area contributed by atoms with Crippen LogP contribution >= 0.6 is 0 Å². The van der Waals surface area contributed by atoms with Gasteiger partial charge in [0.05, 0.1) is 19.3 Å². The summed E-state index contributed by atoms with van der Waals surface area (Å²) in [5.74, 6) is -0.459. The summed E-state index contributed by atoms with van der Waals surface area (Å²) in [6.07, 6.45) is -0.0995. The lowest BCUT2D eigenvalue weighted by Gasteiger charge is -2.30. The number of aliphatic hydroxyl groups is 2. The lowest BCUT2D eigenvalue weighted by atomic mass is 9.81. The minimum Gasteiger partial charge on any atom is -0.489 e. The average Bonchev–Trinajstić information content (AvgIpc) is 3.22. The number of aliphatic hydroxyl groups excluding tert-OH is 2. The van der Waals surface area contributed by atoms with Crippen molar-refractivity contribution in [3.63, 3.8) is 0 Å². The highest BCUT2D eigenvalue weighted by atomic mass is 16.6. The third-order valence-corrected chi connectivity index (χ3v) is 6.04. The molecular formula is C22H30O7. The number of para-hydroxylation sites is 1. The predicted molar refractivity (Wildman–Crippen MR) is 105 cm³/mol. The second kappa shape index (κ2) is 9.13. The number of methoxy groups -OCH3 is 1. The molecule has 1 aliphatic carbocycles. The fourth-order valence-electron chi connectivity index (χ4n) is 4.70. The van der Waals surface area contributed by atoms with E-state index in [1.54, 1.807) is 6.92 Å². The van der Waals surface area contributed by atoms with Gasteiger partial charge in [-0.3, -0.25) is 9.59 Å². The zero-order chi connectivity index (χ0) is 21.1. The predicted octanol–water partition coefficient (Wildman–Crippen LogP) is 2.11. The molecule has 0 radical (unpaired) electrons. The van der Waals surface area contributed by atoms with Crippen molar-refractivity contribution in [2.45, 2.75) is 76.3 Å². The van der Waals surface area contributed by atoms with Crippen LogP contribution in [0.4, 0.5) is 0 Å². The molecule has 1 fully saturated rings. The van der Waals surface area contributed by atoms with Crippen LogP contribution < -0.4 is 4.74 Å². The summed E-state index contributed by atoms with van der Waals surface area (Å²) in [6.45, 7) is 3.15. The fourth-order valence-corrected chi connectivity index (χ4v) is 4.70. The van der Waals surface area contributed by atoms with Crippen LogP contribution in [-0.4, -0.2) is 53.7 Å². The van der Waals surface area contributed by atoms with Crippen molar-refractivity contribution in [1.29, 1.82) is 0 Å². The van der Waals surface area contributed by atoms with Crippen molar-refractivity contribution < 1.29 is 34.0 Å². The Kier molecular flexibility index (Phi) is 6.80. The molecule has 0 bridgehead atoms. The topological polar surface area (TPSA) is 102 Å². The first-order valence-corrected chi connectivity index (χ1v) is 10.3. The van der Waals surface area contributed by atoms with Crippen molar-refractivity contribution in [3.05, 3.63) is 29.3 Å². The van der Waals surface area contributed by atoms with Crippen molar-refractivity contribution in [2.75, 3.05) is 7.11 Å². The number of aryl methyl sites for hydroxylation is 1. The van der Waals surface area contributed by atoms with E-state index in [0.717, 1.165) is 16.9 Å². The lowest BCUT2D eigenvalue weighted by molar-refractivity contribution is -0.152. The van der Waals surface area contributed by atoms with Gasteiger partial charge in [-0.15, -0.1) is 0 Å². The lowest BCUT2D eigenvalue weighted by Crippen LogP contribution is -2.41. The van der Waals surface area contributed by atoms with Gasteiger partial charge in [0.2, 0.25) is 0 Å². The van der Waals surface area contributed by atoms with Gasteiger partial charge in [0.15, 0.2) is 0 Å². The SMILES string of the molecule is CCC(O)C(O)C1C(OC(C)=O)CC2Oc3c(CCCC(=O)OC)cccc3C21. The molecule has 6 unspecified atom stereocenters. The van der Waals surface area contributed by atoms with Gasteiger partial charge in [0, 0.05) is 37.2 Å². The Balaban J connectivity index is 1.85. The molecule has 0 spiro atoms. The Bertz CT molecular complexity index is 747. The Hall–Kier alpha value is -2.12. The zero-order valence-corrected chi connectivity index (χ0v) is 17.2. The molecule has 6 atom stereocenters. The first-order valence-electron chi connectivity index (χ1n) is 10.3. The van der Waals surface area contributed by atoms with Crippen LogP contribution in [0.2, 0.25) is 0 Å². The van der Waals surface area contributed by atoms with Gasteiger partial charge in [-0.1, -0.05) is 25.1 Å². The van der Waals surface area contributed by atoms with E-state index in [-0.39, 0.29) is 18.0 Å². The summed E-state index contributed by atoms with van der Waals surface area (Å²) in [4.78, 5) is 23.0. The average molecular weight is 406 g/mol. The number of hydrogen-bond donors (Lipinski definition) is 2. The van der Waals surface area contributed by atoms with Crippen molar-refractivity contribution in [1.82, 2.24) is 0 Å². The van der Waals surface area contributed by atoms with E-state index in [9.17, 15) is 19.8 Å². The summed E-state index contributed by atoms with van der Waals surface area (Å²) < 4.78 is 16.4. The maximum absolute atomic E-state index is 11.6. The Morgan fingerprint density at radius 2 is 2.07 bits per heavy atom. The maximum atomic E-state index is 11.6. The van der Waals surface area contributed by atoms with Crippen LogP contribution in [0.3, 0.4) is 0 Å². The molecule has 2 N–H and O–H groups in total. The normalized spacial score (nSPS) is 26.8. The van der Waals surface area contributed by atoms with E-state index in [0.29, 0.717) is 32.1 Å². The summed E-state index contributed by atoms with van der Waals surface area (Å²) in [5, 5.41) is 21.1. The van der Waals surface area contributed by atoms with Crippen molar-refractivity contribution in [3.8, 4) is 5.75 Å². The Morgan fingerprint density at radius 3 is 2.72 bits per heavy atom. The molecule has 1 aliphatic heterocycles. The third-order valence-electron chi connectivity index (χ3n) is 6.04. The molecule has 1 aromatic carbocycles. The molecular weight excluding hydrogens is 376 g/mol. The molecule has 160 valence electrons. The molecule has 0 amide bonds. The van der Waals surface area contributed by atoms with Gasteiger partial charge >= 0.3 is 11.9 Å². The molecule has 3 rings (SSSR count). The third kappa shape index (κ3) is 4.41. The Morgan fingerprint density at radius 1 is 1.31 bits per heavy atom. The van der Waals surface area contributed by atoms with Crippen molar-refractivity contribution in [2.24, 2.45) is 5.92 Å². The minimum absolute atomic E-state index is 0.161. The Labute approximate surface area is 171 Å². The highest BCUT2D eigenvalue weighted by Crippen LogP contribution is 2.53. The number of benzene rings is 1. The first-order chi connectivity index (χ1) is 13.9. The molecule has 0 aromatic heterocycles. The van der Waals surface area contributed by atoms with E-state index >= 15 is 0 Å². The van der Waals surface area contributed by atoms with Crippen LogP contribution in [-0.2, 0) is 25.5 Å². The summed E-state index contributed by atoms with van der Waals surface area (Å²) in [5.41, 5.74) is 1.97. The van der Waals surface area contributed by atoms with Gasteiger partial charge in [-0.05, 0) is 24.8 Å². The first kappa shape index (κ1) is 21.6. The number of hydrogen-bond acceptors (Lipinski definition) is 7. The number of fused-ring (bicyclic) bond motifs is 3. The van der Waals surface area contributed by atoms with Crippen LogP contribution in [0.1, 0.15) is 56.6 Å². The van der Waals surface area contributed by atoms with E-state index in [1.807, 2.05) is 18.2 Å². The number of ether oxygens (including phenoxy) is 3. The monoisotopic (exact) mass is 406 g/mol. The van der Waals surface area contributed by atoms with E-state index in [2.05, 4.69) is 0 Å². The van der Waals surface area contributed by atoms with Gasteiger partial charge in [-0.25, -0.2) is 0 Å². The molecule has 0 saturated heterocycles. The highest BCUT2D eigenvalue weighted by molar-refractivity contribution is 5.69. The smallest absolute Gasteiger partial charge is 0.305 e. The number of carbonyl (C=O) groups is 2. The molecule has 29 heavy (non-hydrogen) atoms. The molecule has 1 saturated carbocycles. The number of esters is 2. The number of carbonyl (C=O) groups excluding carboxylic acids is 2. The van der Waals surface area contributed by atoms with Crippen LogP contribution in [0, 0.1) is 5.92 Å². The van der Waals surface area contributed by atoms with Crippen LogP contribution in [0.15, 0.2) is 18.2 Å². The van der Waals surface area contributed by atoms with Gasteiger partial charge < -0.3 is 24.4 Å². The maximum Gasteiger partial charge on any atom is 0.305 e. The van der Waals surface area contributed by atoms with Gasteiger partial charge in [0.25, 0.3) is 0 Å². The summed E-state index contributed by atoms with van der Waals surface area (Å²) >= 11 is 0. The quantitative estimate of drug-likeness (QED) is 0.638. The van der Waals surface area contributed by atoms with E-state index < -0.39 is 30.2 Å². The fraction of sp³-hybridized carbons (Fsp3) is 0.636. The molecule has 7 heteroatoms. The van der Waals surface area contributed by atoms with Gasteiger partial charge in [-0.2, -0.15) is 0 Å². The van der Waals surface area contributed by atoms with Gasteiger partial charge in [0.1, 0.15) is 18.0 Å². The highest BCUT2D eigenvalue weighted by Gasteiger charge is 2.55. The van der Waals surface area contributed by atoms with Crippen molar-refractivity contribution >= 4 is 11.9 Å². The summed E-state index contributed by atoms with van der Waals surface area (Å²) in [7, 11) is 1.38. The molecule has 1 aromatic rings. The second-order valence-electron chi connectivity index (χ2n) is 7.87. The molecule has 7 nitrogen and oxygen atoms in total. The molecule has 2 aliphatic rings. The molecule has 1 heterocycles. The number of rotatable bonds is 8. The summed E-state index contributed by atoms with van der Waals surface area (Å²) in [6, 6.07) is 5.89. The second-order valence-corrected chi connectivity index (χ2v) is 7.87. The largest absolute Gasteiger partial charge is 0.489 e. The van der Waals surface area contributed by atoms with E-state index in [4.69, 9.17) is 14.2 Å². The van der Waals surface area contributed by atoms with Crippen LogP contribution in [0.25, 0.3) is 0 Å².